The molecule has 2 rings (SSSR count). The van der Waals surface area contributed by atoms with Gasteiger partial charge < -0.3 is 4.90 Å². The molecule has 0 heterocycles. The zero-order valence-corrected chi connectivity index (χ0v) is 11.4. The van der Waals surface area contributed by atoms with E-state index in [4.69, 9.17) is 0 Å². The van der Waals surface area contributed by atoms with Gasteiger partial charge in [0.25, 0.3) is 5.91 Å². The van der Waals surface area contributed by atoms with Crippen molar-refractivity contribution in [1.82, 2.24) is 4.90 Å². The van der Waals surface area contributed by atoms with Gasteiger partial charge in [0.2, 0.25) is 0 Å². The third-order valence-electron chi connectivity index (χ3n) is 3.13. The SMILES string of the molecule is Cc1ccc(C(=O)N(C)Cc2ccccc2F)cc1F. The van der Waals surface area contributed by atoms with Crippen molar-refractivity contribution >= 4 is 5.91 Å². The molecule has 104 valence electrons. The molecule has 2 aromatic carbocycles. The highest BCUT2D eigenvalue weighted by atomic mass is 19.1. The van der Waals surface area contributed by atoms with Gasteiger partial charge in [0.15, 0.2) is 0 Å². The number of carbonyl (C=O) groups is 1. The first-order valence-electron chi connectivity index (χ1n) is 6.24. The highest BCUT2D eigenvalue weighted by Gasteiger charge is 2.14. The van der Waals surface area contributed by atoms with E-state index in [0.717, 1.165) is 0 Å². The molecule has 0 N–H and O–H groups in total. The average molecular weight is 275 g/mol. The zero-order chi connectivity index (χ0) is 14.7. The maximum absolute atomic E-state index is 13.5. The molecule has 0 saturated heterocycles. The predicted molar refractivity (Wildman–Crippen MR) is 73.3 cm³/mol. The molecule has 0 aromatic heterocycles. The van der Waals surface area contributed by atoms with Crippen molar-refractivity contribution in [1.29, 1.82) is 0 Å². The van der Waals surface area contributed by atoms with E-state index >= 15 is 0 Å². The van der Waals surface area contributed by atoms with Gasteiger partial charge in [-0.2, -0.15) is 0 Å². The highest BCUT2D eigenvalue weighted by molar-refractivity contribution is 5.94. The summed E-state index contributed by atoms with van der Waals surface area (Å²) in [6.07, 6.45) is 0. The molecule has 1 amide bonds. The van der Waals surface area contributed by atoms with Gasteiger partial charge >= 0.3 is 0 Å². The molecule has 0 aliphatic heterocycles. The molecule has 0 fully saturated rings. The molecule has 2 nitrogen and oxygen atoms in total. The van der Waals surface area contributed by atoms with E-state index in [1.165, 1.54) is 17.0 Å². The summed E-state index contributed by atoms with van der Waals surface area (Å²) in [4.78, 5) is 13.5. The van der Waals surface area contributed by atoms with Crippen LogP contribution in [0.15, 0.2) is 42.5 Å². The van der Waals surface area contributed by atoms with Gasteiger partial charge in [-0.1, -0.05) is 24.3 Å². The van der Waals surface area contributed by atoms with Crippen LogP contribution in [-0.2, 0) is 6.54 Å². The second-order valence-corrected chi connectivity index (χ2v) is 4.72. The van der Waals surface area contributed by atoms with Gasteiger partial charge in [0.05, 0.1) is 0 Å². The summed E-state index contributed by atoms with van der Waals surface area (Å²) in [5, 5.41) is 0. The number of hydrogen-bond acceptors (Lipinski definition) is 1. The molecule has 0 saturated carbocycles. The summed E-state index contributed by atoms with van der Waals surface area (Å²) < 4.78 is 27.0. The molecule has 2 aromatic rings. The number of hydrogen-bond donors (Lipinski definition) is 0. The largest absolute Gasteiger partial charge is 0.337 e. The van der Waals surface area contributed by atoms with Crippen molar-refractivity contribution in [3.05, 3.63) is 70.8 Å². The second-order valence-electron chi connectivity index (χ2n) is 4.72. The Labute approximate surface area is 116 Å². The Hall–Kier alpha value is -2.23. The Kier molecular flexibility index (Phi) is 4.13. The van der Waals surface area contributed by atoms with Gasteiger partial charge in [0, 0.05) is 24.7 Å². The topological polar surface area (TPSA) is 20.3 Å². The van der Waals surface area contributed by atoms with Crippen LogP contribution in [0.5, 0.6) is 0 Å². The minimum absolute atomic E-state index is 0.140. The van der Waals surface area contributed by atoms with Crippen molar-refractivity contribution in [2.24, 2.45) is 0 Å². The molecule has 0 unspecified atom stereocenters. The second kappa shape index (κ2) is 5.82. The summed E-state index contributed by atoms with van der Waals surface area (Å²) in [5.74, 6) is -1.12. The van der Waals surface area contributed by atoms with E-state index in [2.05, 4.69) is 0 Å². The zero-order valence-electron chi connectivity index (χ0n) is 11.4. The maximum atomic E-state index is 13.5. The van der Waals surface area contributed by atoms with E-state index in [1.54, 1.807) is 44.3 Å². The van der Waals surface area contributed by atoms with Gasteiger partial charge in [-0.15, -0.1) is 0 Å². The number of aryl methyl sites for hydroxylation is 1. The van der Waals surface area contributed by atoms with Crippen LogP contribution in [0.3, 0.4) is 0 Å². The van der Waals surface area contributed by atoms with Crippen LogP contribution in [0.25, 0.3) is 0 Å². The number of halogens is 2. The smallest absolute Gasteiger partial charge is 0.254 e. The first-order chi connectivity index (χ1) is 9.49. The van der Waals surface area contributed by atoms with Gasteiger partial charge in [-0.25, -0.2) is 8.78 Å². The van der Waals surface area contributed by atoms with E-state index in [0.29, 0.717) is 11.1 Å². The predicted octanol–water partition coefficient (Wildman–Crippen LogP) is 3.55. The van der Waals surface area contributed by atoms with Crippen LogP contribution in [-0.4, -0.2) is 17.9 Å². The van der Waals surface area contributed by atoms with Crippen LogP contribution < -0.4 is 0 Å². The van der Waals surface area contributed by atoms with Crippen molar-refractivity contribution < 1.29 is 13.6 Å². The molecule has 20 heavy (non-hydrogen) atoms. The Morgan fingerprint density at radius 1 is 1.10 bits per heavy atom. The number of rotatable bonds is 3. The number of nitrogens with zero attached hydrogens (tertiary/aromatic N) is 1. The molecule has 0 bridgehead atoms. The minimum atomic E-state index is -0.421. The number of carbonyl (C=O) groups excluding carboxylic acids is 1. The van der Waals surface area contributed by atoms with Crippen LogP contribution in [0.1, 0.15) is 21.5 Å². The summed E-state index contributed by atoms with van der Waals surface area (Å²) >= 11 is 0. The molecule has 0 radical (unpaired) electrons. The summed E-state index contributed by atoms with van der Waals surface area (Å²) in [6.45, 7) is 1.77. The third kappa shape index (κ3) is 3.02. The van der Waals surface area contributed by atoms with Gasteiger partial charge in [-0.3, -0.25) is 4.79 Å². The molecular formula is C16H15F2NO. The van der Waals surface area contributed by atoms with Crippen LogP contribution >= 0.6 is 0 Å². The monoisotopic (exact) mass is 275 g/mol. The lowest BCUT2D eigenvalue weighted by Gasteiger charge is -2.18. The van der Waals surface area contributed by atoms with E-state index in [-0.39, 0.29) is 23.8 Å². The number of amides is 1. The standard InChI is InChI=1S/C16H15F2NO/c1-11-7-8-12(9-15(11)18)16(20)19(2)10-13-5-3-4-6-14(13)17/h3-9H,10H2,1-2H3. The third-order valence-corrected chi connectivity index (χ3v) is 3.13. The fourth-order valence-electron chi connectivity index (χ4n) is 1.90. The summed E-state index contributed by atoms with van der Waals surface area (Å²) in [6, 6.07) is 10.6. The Bertz CT molecular complexity index is 640. The minimum Gasteiger partial charge on any atom is -0.337 e. The molecule has 4 heteroatoms. The Morgan fingerprint density at radius 3 is 2.45 bits per heavy atom. The summed E-state index contributed by atoms with van der Waals surface area (Å²) in [5.41, 5.74) is 1.17. The van der Waals surface area contributed by atoms with E-state index in [9.17, 15) is 13.6 Å². The molecular weight excluding hydrogens is 260 g/mol. The van der Waals surface area contributed by atoms with Gasteiger partial charge in [-0.05, 0) is 30.7 Å². The summed E-state index contributed by atoms with van der Waals surface area (Å²) in [7, 11) is 1.56. The quantitative estimate of drug-likeness (QED) is 0.839. The van der Waals surface area contributed by atoms with E-state index < -0.39 is 5.82 Å². The molecule has 0 aliphatic carbocycles. The normalized spacial score (nSPS) is 10.4. The lowest BCUT2D eigenvalue weighted by molar-refractivity contribution is 0.0783. The molecule has 0 spiro atoms. The lowest BCUT2D eigenvalue weighted by Crippen LogP contribution is -2.26. The fraction of sp³-hybridized carbons (Fsp3) is 0.188. The lowest BCUT2D eigenvalue weighted by atomic mass is 10.1. The molecule has 0 atom stereocenters. The Morgan fingerprint density at radius 2 is 1.80 bits per heavy atom. The number of benzene rings is 2. The van der Waals surface area contributed by atoms with Crippen molar-refractivity contribution in [3.8, 4) is 0 Å². The molecule has 0 aliphatic rings. The van der Waals surface area contributed by atoms with Crippen LogP contribution in [0.2, 0.25) is 0 Å². The van der Waals surface area contributed by atoms with Gasteiger partial charge in [0.1, 0.15) is 11.6 Å². The Balaban J connectivity index is 2.16. The fourth-order valence-corrected chi connectivity index (χ4v) is 1.90. The van der Waals surface area contributed by atoms with Crippen molar-refractivity contribution in [3.63, 3.8) is 0 Å². The van der Waals surface area contributed by atoms with E-state index in [1.807, 2.05) is 0 Å². The van der Waals surface area contributed by atoms with Crippen molar-refractivity contribution in [2.75, 3.05) is 7.05 Å². The maximum Gasteiger partial charge on any atom is 0.254 e. The van der Waals surface area contributed by atoms with Crippen molar-refractivity contribution in [2.45, 2.75) is 13.5 Å². The van der Waals surface area contributed by atoms with Crippen LogP contribution in [0, 0.1) is 18.6 Å². The van der Waals surface area contributed by atoms with Crippen LogP contribution in [0.4, 0.5) is 8.78 Å². The first kappa shape index (κ1) is 14.2. The highest BCUT2D eigenvalue weighted by Crippen LogP contribution is 2.14. The first-order valence-corrected chi connectivity index (χ1v) is 6.24. The average Bonchev–Trinajstić information content (AvgIpc) is 2.43.